The van der Waals surface area contributed by atoms with Crippen molar-refractivity contribution >= 4 is 5.69 Å². The van der Waals surface area contributed by atoms with Crippen LogP contribution in [0.15, 0.2) is 35.5 Å². The summed E-state index contributed by atoms with van der Waals surface area (Å²) in [4.78, 5) is 23.5. The summed E-state index contributed by atoms with van der Waals surface area (Å²) >= 11 is 0. The molecule has 7 nitrogen and oxygen atoms in total. The van der Waals surface area contributed by atoms with E-state index in [0.717, 1.165) is 28.9 Å². The molecule has 1 fully saturated rings. The molecule has 0 radical (unpaired) electrons. The highest BCUT2D eigenvalue weighted by molar-refractivity contribution is 5.61. The van der Waals surface area contributed by atoms with Crippen LogP contribution in [0.5, 0.6) is 0 Å². The molecule has 3 aromatic heterocycles. The first-order chi connectivity index (χ1) is 16.2. The molecule has 182 valence electrons. The van der Waals surface area contributed by atoms with Gasteiger partial charge in [-0.15, -0.1) is 0 Å². The van der Waals surface area contributed by atoms with Gasteiger partial charge in [0, 0.05) is 32.3 Å². The molecule has 0 amide bonds. The van der Waals surface area contributed by atoms with Crippen LogP contribution in [0, 0.1) is 5.92 Å². The number of piperidine rings is 1. The van der Waals surface area contributed by atoms with Gasteiger partial charge in [-0.05, 0) is 30.7 Å². The molecule has 0 N–H and O–H groups in total. The van der Waals surface area contributed by atoms with E-state index in [0.29, 0.717) is 43.4 Å². The zero-order chi connectivity index (χ0) is 24.5. The molecule has 0 spiro atoms. The van der Waals surface area contributed by atoms with Gasteiger partial charge in [0.2, 0.25) is 0 Å². The SMILES string of the molecule is CCc1nc(-c2cnn(C)c2Cn2cc(CC(C)C)ccc2=O)ncc1N1CCCC(F)(F)C1. The Kier molecular flexibility index (Phi) is 6.81. The van der Waals surface area contributed by atoms with Gasteiger partial charge in [-0.25, -0.2) is 18.7 Å². The molecular formula is C25H32F2N6O. The van der Waals surface area contributed by atoms with Crippen LogP contribution in [0.4, 0.5) is 14.5 Å². The molecule has 34 heavy (non-hydrogen) atoms. The molecular weight excluding hydrogens is 438 g/mol. The molecule has 0 aliphatic carbocycles. The smallest absolute Gasteiger partial charge is 0.265 e. The highest BCUT2D eigenvalue weighted by Crippen LogP contribution is 2.32. The standard InChI is InChI=1S/C25H32F2N6O/c1-5-20-21(32-10-6-9-25(26,27)16-32)13-28-24(30-20)19-12-29-31(4)22(19)15-33-14-18(11-17(2)3)7-8-23(33)34/h7-8,12-14,17H,5-6,9-11,15-16H2,1-4H3. The maximum absolute atomic E-state index is 14.0. The number of halogens is 2. The Morgan fingerprint density at radius 1 is 1.21 bits per heavy atom. The van der Waals surface area contributed by atoms with Crippen LogP contribution in [0.1, 0.15) is 50.6 Å². The molecule has 0 saturated carbocycles. The van der Waals surface area contributed by atoms with E-state index >= 15 is 0 Å². The molecule has 0 unspecified atom stereocenters. The summed E-state index contributed by atoms with van der Waals surface area (Å²) in [6.45, 7) is 6.84. The van der Waals surface area contributed by atoms with Gasteiger partial charge < -0.3 is 9.47 Å². The number of nitrogens with zero attached hydrogens (tertiary/aromatic N) is 6. The summed E-state index contributed by atoms with van der Waals surface area (Å²) in [5, 5.41) is 4.39. The zero-order valence-electron chi connectivity index (χ0n) is 20.3. The van der Waals surface area contributed by atoms with Crippen LogP contribution in [-0.2, 0) is 26.4 Å². The van der Waals surface area contributed by atoms with Crippen molar-refractivity contribution in [1.29, 1.82) is 0 Å². The summed E-state index contributed by atoms with van der Waals surface area (Å²) in [7, 11) is 1.83. The summed E-state index contributed by atoms with van der Waals surface area (Å²) in [6, 6.07) is 3.48. The third-order valence-corrected chi connectivity index (χ3v) is 6.23. The first-order valence-electron chi connectivity index (χ1n) is 11.9. The van der Waals surface area contributed by atoms with Crippen molar-refractivity contribution in [3.05, 3.63) is 58.0 Å². The fraction of sp³-hybridized carbons (Fsp3) is 0.520. The second-order valence-electron chi connectivity index (χ2n) is 9.49. The summed E-state index contributed by atoms with van der Waals surface area (Å²) < 4.78 is 31.4. The van der Waals surface area contributed by atoms with Crippen molar-refractivity contribution in [1.82, 2.24) is 24.3 Å². The van der Waals surface area contributed by atoms with E-state index in [2.05, 4.69) is 23.9 Å². The lowest BCUT2D eigenvalue weighted by Crippen LogP contribution is -2.43. The van der Waals surface area contributed by atoms with E-state index < -0.39 is 5.92 Å². The maximum atomic E-state index is 14.0. The minimum Gasteiger partial charge on any atom is -0.363 e. The number of pyridine rings is 1. The minimum absolute atomic E-state index is 0.0827. The number of hydrogen-bond acceptors (Lipinski definition) is 5. The Morgan fingerprint density at radius 3 is 2.71 bits per heavy atom. The van der Waals surface area contributed by atoms with Gasteiger partial charge in [0.15, 0.2) is 5.82 Å². The lowest BCUT2D eigenvalue weighted by Gasteiger charge is -2.34. The third-order valence-electron chi connectivity index (χ3n) is 6.23. The summed E-state index contributed by atoms with van der Waals surface area (Å²) in [6.07, 6.45) is 7.08. The van der Waals surface area contributed by atoms with Gasteiger partial charge in [0.05, 0.1) is 48.1 Å². The lowest BCUT2D eigenvalue weighted by atomic mass is 10.0. The Hall–Kier alpha value is -3.10. The fourth-order valence-corrected chi connectivity index (χ4v) is 4.53. The first-order valence-corrected chi connectivity index (χ1v) is 11.9. The monoisotopic (exact) mass is 470 g/mol. The quantitative estimate of drug-likeness (QED) is 0.520. The van der Waals surface area contributed by atoms with E-state index in [1.165, 1.54) is 0 Å². The molecule has 0 atom stereocenters. The second kappa shape index (κ2) is 9.64. The molecule has 1 aliphatic heterocycles. The molecule has 9 heteroatoms. The molecule has 0 bridgehead atoms. The Balaban J connectivity index is 1.66. The first kappa shape index (κ1) is 24.0. The number of aryl methyl sites for hydroxylation is 2. The largest absolute Gasteiger partial charge is 0.363 e. The fourth-order valence-electron chi connectivity index (χ4n) is 4.53. The third kappa shape index (κ3) is 5.18. The van der Waals surface area contributed by atoms with Crippen LogP contribution in [0.2, 0.25) is 0 Å². The van der Waals surface area contributed by atoms with Crippen molar-refractivity contribution < 1.29 is 8.78 Å². The van der Waals surface area contributed by atoms with Crippen molar-refractivity contribution in [3.63, 3.8) is 0 Å². The summed E-state index contributed by atoms with van der Waals surface area (Å²) in [5.41, 5.74) is 3.95. The van der Waals surface area contributed by atoms with Gasteiger partial charge in [-0.3, -0.25) is 9.48 Å². The van der Waals surface area contributed by atoms with Crippen LogP contribution in [-0.4, -0.2) is 43.3 Å². The van der Waals surface area contributed by atoms with Gasteiger partial charge in [0.25, 0.3) is 11.5 Å². The number of aromatic nitrogens is 5. The average molecular weight is 471 g/mol. The van der Waals surface area contributed by atoms with Gasteiger partial charge in [-0.2, -0.15) is 5.10 Å². The number of hydrogen-bond donors (Lipinski definition) is 0. The Bertz CT molecular complexity index is 1220. The minimum atomic E-state index is -2.70. The van der Waals surface area contributed by atoms with E-state index in [1.807, 2.05) is 26.2 Å². The van der Waals surface area contributed by atoms with Crippen molar-refractivity contribution in [2.75, 3.05) is 18.0 Å². The van der Waals surface area contributed by atoms with Crippen LogP contribution < -0.4 is 10.5 Å². The molecule has 4 heterocycles. The summed E-state index contributed by atoms with van der Waals surface area (Å²) in [5.74, 6) is -1.73. The van der Waals surface area contributed by atoms with Crippen LogP contribution >= 0.6 is 0 Å². The van der Waals surface area contributed by atoms with E-state index in [4.69, 9.17) is 4.98 Å². The van der Waals surface area contributed by atoms with Crippen molar-refractivity contribution in [2.45, 2.75) is 58.9 Å². The normalized spacial score (nSPS) is 15.8. The van der Waals surface area contributed by atoms with Crippen LogP contribution in [0.3, 0.4) is 0 Å². The topological polar surface area (TPSA) is 68.8 Å². The Labute approximate surface area is 198 Å². The van der Waals surface area contributed by atoms with Crippen LogP contribution in [0.25, 0.3) is 11.4 Å². The zero-order valence-corrected chi connectivity index (χ0v) is 20.3. The number of rotatable bonds is 7. The molecule has 3 aromatic rings. The average Bonchev–Trinajstić information content (AvgIpc) is 3.14. The number of anilines is 1. The molecule has 0 aromatic carbocycles. The number of alkyl halides is 2. The van der Waals surface area contributed by atoms with Crippen molar-refractivity contribution in [2.24, 2.45) is 13.0 Å². The predicted molar refractivity (Wildman–Crippen MR) is 128 cm³/mol. The van der Waals surface area contributed by atoms with E-state index in [1.54, 1.807) is 32.6 Å². The highest BCUT2D eigenvalue weighted by Gasteiger charge is 2.36. The van der Waals surface area contributed by atoms with E-state index in [-0.39, 0.29) is 18.5 Å². The van der Waals surface area contributed by atoms with Gasteiger partial charge in [0.1, 0.15) is 0 Å². The Morgan fingerprint density at radius 2 is 2.00 bits per heavy atom. The molecule has 1 saturated heterocycles. The lowest BCUT2D eigenvalue weighted by molar-refractivity contribution is -0.0117. The molecule has 4 rings (SSSR count). The highest BCUT2D eigenvalue weighted by atomic mass is 19.3. The molecule has 1 aliphatic rings. The van der Waals surface area contributed by atoms with Gasteiger partial charge >= 0.3 is 0 Å². The second-order valence-corrected chi connectivity index (χ2v) is 9.49. The maximum Gasteiger partial charge on any atom is 0.265 e. The van der Waals surface area contributed by atoms with Crippen molar-refractivity contribution in [3.8, 4) is 11.4 Å². The van der Waals surface area contributed by atoms with E-state index in [9.17, 15) is 13.6 Å². The predicted octanol–water partition coefficient (Wildman–Crippen LogP) is 4.08. The van der Waals surface area contributed by atoms with Gasteiger partial charge in [-0.1, -0.05) is 26.8 Å².